The second-order valence-corrected chi connectivity index (χ2v) is 13.6. The van der Waals surface area contributed by atoms with Crippen LogP contribution in [0.25, 0.3) is 0 Å². The van der Waals surface area contributed by atoms with Crippen LogP contribution in [-0.4, -0.2) is 41.5 Å². The highest BCUT2D eigenvalue weighted by Gasteiger charge is 2.39. The van der Waals surface area contributed by atoms with Crippen molar-refractivity contribution in [2.24, 2.45) is 0 Å². The highest BCUT2D eigenvalue weighted by atomic mass is 28.4. The maximum Gasteiger partial charge on any atom is 0.332 e. The molecular weight excluding hydrogens is 324 g/mol. The third-order valence-electron chi connectivity index (χ3n) is 3.88. The summed E-state index contributed by atoms with van der Waals surface area (Å²) in [5, 5.41) is 0. The molecule has 2 saturated heterocycles. The molecule has 0 aromatic rings. The molecule has 0 radical (unpaired) electrons. The van der Waals surface area contributed by atoms with Crippen molar-refractivity contribution in [1.82, 2.24) is 0 Å². The fourth-order valence-corrected chi connectivity index (χ4v) is 6.87. The molecule has 0 aromatic carbocycles. The Kier molecular flexibility index (Phi) is 6.21. The Bertz CT molecular complexity index is 457. The monoisotopic (exact) mass is 354 g/mol. The van der Waals surface area contributed by atoms with E-state index in [-0.39, 0.29) is 12.2 Å². The normalized spacial score (nSPS) is 37.3. The van der Waals surface area contributed by atoms with Gasteiger partial charge in [-0.1, -0.05) is 30.4 Å². The van der Waals surface area contributed by atoms with Gasteiger partial charge in [-0.05, 0) is 33.1 Å². The highest BCUT2D eigenvalue weighted by molar-refractivity contribution is 6.65. The van der Waals surface area contributed by atoms with Gasteiger partial charge in [-0.25, -0.2) is 0 Å². The van der Waals surface area contributed by atoms with Gasteiger partial charge in [-0.2, -0.15) is 0 Å². The summed E-state index contributed by atoms with van der Waals surface area (Å²) in [6.45, 7) is 14.1. The van der Waals surface area contributed by atoms with Crippen LogP contribution in [0.15, 0.2) is 37.0 Å². The standard InChI is InChI=1S/C10H18O2Si.C7H12O2Si/c1-5-7-10-8-9(6-2)11-13(3,4)12-10;1-10(2)8-6-3-4-7(5-6)9-10/h5-7,9-10H,2,8H2,1,3-4H3;3-4,6-7H,5H2,1-2H3/b7-5+;. The zero-order chi connectivity index (χ0) is 17.1. The molecule has 4 nitrogen and oxygen atoms in total. The first-order chi connectivity index (χ1) is 10.7. The van der Waals surface area contributed by atoms with Crippen LogP contribution >= 0.6 is 0 Å². The van der Waals surface area contributed by atoms with Crippen LogP contribution in [0.3, 0.4) is 0 Å². The van der Waals surface area contributed by atoms with E-state index < -0.39 is 17.1 Å². The van der Waals surface area contributed by atoms with E-state index in [2.05, 4.69) is 51.0 Å². The van der Waals surface area contributed by atoms with Crippen molar-refractivity contribution in [2.45, 2.75) is 70.4 Å². The lowest BCUT2D eigenvalue weighted by atomic mass is 10.1. The molecule has 4 unspecified atom stereocenters. The van der Waals surface area contributed by atoms with Gasteiger partial charge in [0.05, 0.1) is 24.4 Å². The summed E-state index contributed by atoms with van der Waals surface area (Å²) in [7, 11) is -3.61. The first kappa shape index (κ1) is 18.8. The first-order valence-corrected chi connectivity index (χ1v) is 14.0. The number of allylic oxidation sites excluding steroid dienone is 1. The Morgan fingerprint density at radius 2 is 1.39 bits per heavy atom. The van der Waals surface area contributed by atoms with E-state index in [0.29, 0.717) is 12.2 Å². The molecule has 0 amide bonds. The Balaban J connectivity index is 0.000000172. The maximum atomic E-state index is 5.83. The van der Waals surface area contributed by atoms with Crippen molar-refractivity contribution < 1.29 is 17.7 Å². The minimum absolute atomic E-state index is 0.164. The van der Waals surface area contributed by atoms with E-state index in [1.807, 2.05) is 19.1 Å². The Labute approximate surface area is 142 Å². The van der Waals surface area contributed by atoms with Gasteiger partial charge in [0.15, 0.2) is 0 Å². The topological polar surface area (TPSA) is 36.9 Å². The van der Waals surface area contributed by atoms with Gasteiger partial charge in [0.2, 0.25) is 0 Å². The summed E-state index contributed by atoms with van der Waals surface area (Å²) in [5.74, 6) is 0. The molecule has 130 valence electrons. The zero-order valence-corrected chi connectivity index (χ0v) is 17.0. The summed E-state index contributed by atoms with van der Waals surface area (Å²) < 4.78 is 23.0. The predicted molar refractivity (Wildman–Crippen MR) is 97.8 cm³/mol. The highest BCUT2D eigenvalue weighted by Crippen LogP contribution is 2.29. The Morgan fingerprint density at radius 1 is 0.870 bits per heavy atom. The fourth-order valence-electron chi connectivity index (χ4n) is 3.12. The van der Waals surface area contributed by atoms with E-state index in [4.69, 9.17) is 17.7 Å². The van der Waals surface area contributed by atoms with Crippen LogP contribution in [0, 0.1) is 0 Å². The van der Waals surface area contributed by atoms with Crippen molar-refractivity contribution in [1.29, 1.82) is 0 Å². The van der Waals surface area contributed by atoms with Gasteiger partial charge in [0.25, 0.3) is 0 Å². The second-order valence-electron chi connectivity index (χ2n) is 7.04. The van der Waals surface area contributed by atoms with Gasteiger partial charge < -0.3 is 17.7 Å². The van der Waals surface area contributed by atoms with Crippen molar-refractivity contribution in [3.63, 3.8) is 0 Å². The Morgan fingerprint density at radius 3 is 1.91 bits per heavy atom. The SMILES string of the molecule is C=CC1CC(/C=C/C)O[Si](C)(C)O1.C[Si]1(C)OC2C=CC(C2)O1. The zero-order valence-electron chi connectivity index (χ0n) is 15.0. The quantitative estimate of drug-likeness (QED) is 0.553. The predicted octanol–water partition coefficient (Wildman–Crippen LogP) is 4.06. The molecule has 0 N–H and O–H groups in total. The van der Waals surface area contributed by atoms with Crippen LogP contribution < -0.4 is 0 Å². The average Bonchev–Trinajstić information content (AvgIpc) is 2.77. The number of fused-ring (bicyclic) bond motifs is 2. The summed E-state index contributed by atoms with van der Waals surface area (Å²) in [6.07, 6.45) is 13.3. The second kappa shape index (κ2) is 7.59. The van der Waals surface area contributed by atoms with E-state index in [0.717, 1.165) is 12.8 Å². The van der Waals surface area contributed by atoms with E-state index in [1.165, 1.54) is 0 Å². The van der Waals surface area contributed by atoms with Crippen LogP contribution in [-0.2, 0) is 17.7 Å². The molecule has 6 heteroatoms. The molecule has 2 bridgehead atoms. The smallest absolute Gasteiger partial charge is 0.332 e. The molecule has 2 heterocycles. The van der Waals surface area contributed by atoms with E-state index >= 15 is 0 Å². The molecule has 3 aliphatic rings. The average molecular weight is 355 g/mol. The van der Waals surface area contributed by atoms with Crippen LogP contribution in [0.1, 0.15) is 19.8 Å². The lowest BCUT2D eigenvalue weighted by Crippen LogP contribution is -2.47. The minimum Gasteiger partial charge on any atom is -0.388 e. The molecule has 0 aromatic heterocycles. The molecular formula is C17H30O4Si2. The molecule has 3 rings (SSSR count). The summed E-state index contributed by atoms with van der Waals surface area (Å²) in [4.78, 5) is 0. The molecule has 23 heavy (non-hydrogen) atoms. The molecule has 2 aliphatic heterocycles. The Hall–Kier alpha value is -0.506. The van der Waals surface area contributed by atoms with Crippen molar-refractivity contribution in [3.05, 3.63) is 37.0 Å². The maximum absolute atomic E-state index is 5.83. The number of hydrogen-bond donors (Lipinski definition) is 0. The molecule has 0 saturated carbocycles. The van der Waals surface area contributed by atoms with Crippen molar-refractivity contribution >= 4 is 17.1 Å². The van der Waals surface area contributed by atoms with Gasteiger partial charge in [-0.15, -0.1) is 6.58 Å². The van der Waals surface area contributed by atoms with Gasteiger partial charge in [0, 0.05) is 12.8 Å². The lowest BCUT2D eigenvalue weighted by molar-refractivity contribution is 0.0462. The van der Waals surface area contributed by atoms with Gasteiger partial charge >= 0.3 is 17.1 Å². The summed E-state index contributed by atoms with van der Waals surface area (Å²) in [6, 6.07) is 0. The number of rotatable bonds is 2. The molecule has 4 atom stereocenters. The van der Waals surface area contributed by atoms with Crippen LogP contribution in [0.5, 0.6) is 0 Å². The van der Waals surface area contributed by atoms with Crippen LogP contribution in [0.4, 0.5) is 0 Å². The molecule has 2 fully saturated rings. The molecule has 1 aliphatic carbocycles. The molecule has 0 spiro atoms. The van der Waals surface area contributed by atoms with Gasteiger partial charge in [-0.3, -0.25) is 0 Å². The third kappa shape index (κ3) is 5.81. The largest absolute Gasteiger partial charge is 0.388 e. The van der Waals surface area contributed by atoms with E-state index in [1.54, 1.807) is 0 Å². The summed E-state index contributed by atoms with van der Waals surface area (Å²) in [5.41, 5.74) is 0. The number of hydrogen-bond acceptors (Lipinski definition) is 4. The fraction of sp³-hybridized carbons (Fsp3) is 0.647. The van der Waals surface area contributed by atoms with E-state index in [9.17, 15) is 0 Å². The minimum atomic E-state index is -1.90. The van der Waals surface area contributed by atoms with Crippen molar-refractivity contribution in [2.75, 3.05) is 0 Å². The van der Waals surface area contributed by atoms with Crippen LogP contribution in [0.2, 0.25) is 26.2 Å². The van der Waals surface area contributed by atoms with Crippen molar-refractivity contribution in [3.8, 4) is 0 Å². The third-order valence-corrected chi connectivity index (χ3v) is 7.36. The lowest BCUT2D eigenvalue weighted by Gasteiger charge is -2.37. The van der Waals surface area contributed by atoms with Gasteiger partial charge in [0.1, 0.15) is 0 Å². The first-order valence-electron chi connectivity index (χ1n) is 8.38. The summed E-state index contributed by atoms with van der Waals surface area (Å²) >= 11 is 0.